The van der Waals surface area contributed by atoms with Gasteiger partial charge in [0.15, 0.2) is 0 Å². The fourth-order valence-corrected chi connectivity index (χ4v) is 4.67. The van der Waals surface area contributed by atoms with Gasteiger partial charge in [0.2, 0.25) is 5.95 Å². The molecule has 0 radical (unpaired) electrons. The van der Waals surface area contributed by atoms with Crippen LogP contribution in [0.3, 0.4) is 0 Å². The maximum atomic E-state index is 12.9. The fourth-order valence-electron chi connectivity index (χ4n) is 4.43. The first-order chi connectivity index (χ1) is 15.9. The van der Waals surface area contributed by atoms with Gasteiger partial charge in [-0.1, -0.05) is 18.5 Å². The Morgan fingerprint density at radius 3 is 2.53 bits per heavy atom. The van der Waals surface area contributed by atoms with Gasteiger partial charge in [0.25, 0.3) is 0 Å². The molecule has 1 aromatic carbocycles. The molecular formula is C23H27ClF3N5O2. The summed E-state index contributed by atoms with van der Waals surface area (Å²) in [5, 5.41) is 2.33. The first-order valence-electron chi connectivity index (χ1n) is 11.1. The second-order valence-corrected chi connectivity index (χ2v) is 9.90. The highest BCUT2D eigenvalue weighted by Crippen LogP contribution is 2.37. The molecule has 34 heavy (non-hydrogen) atoms. The van der Waals surface area contributed by atoms with Crippen LogP contribution in [0.4, 0.5) is 35.3 Å². The summed E-state index contributed by atoms with van der Waals surface area (Å²) in [7, 11) is 0. The number of amides is 1. The minimum absolute atomic E-state index is 0.00585. The van der Waals surface area contributed by atoms with Crippen LogP contribution in [0.15, 0.2) is 24.4 Å². The van der Waals surface area contributed by atoms with Crippen LogP contribution < -0.4 is 10.2 Å². The molecule has 0 unspecified atom stereocenters. The number of ether oxygens (including phenoxy) is 1. The molecule has 1 amide bonds. The van der Waals surface area contributed by atoms with Crippen LogP contribution in [0.2, 0.25) is 5.15 Å². The topological polar surface area (TPSA) is 70.6 Å². The Morgan fingerprint density at radius 2 is 1.97 bits per heavy atom. The van der Waals surface area contributed by atoms with Gasteiger partial charge < -0.3 is 19.9 Å². The average molecular weight is 498 g/mol. The third-order valence-corrected chi connectivity index (χ3v) is 6.25. The van der Waals surface area contributed by atoms with E-state index in [1.54, 1.807) is 0 Å². The van der Waals surface area contributed by atoms with Crippen LogP contribution in [-0.2, 0) is 17.3 Å². The summed E-state index contributed by atoms with van der Waals surface area (Å²) in [6, 6.07) is 6.17. The van der Waals surface area contributed by atoms with E-state index in [1.807, 2.05) is 50.8 Å². The lowest BCUT2D eigenvalue weighted by molar-refractivity contribution is -0.137. The molecule has 2 aliphatic rings. The largest absolute Gasteiger partial charge is 0.444 e. The summed E-state index contributed by atoms with van der Waals surface area (Å²) in [5.41, 5.74) is 1.09. The van der Waals surface area contributed by atoms with E-state index in [0.29, 0.717) is 24.8 Å². The summed E-state index contributed by atoms with van der Waals surface area (Å²) >= 11 is 5.72. The van der Waals surface area contributed by atoms with Crippen molar-refractivity contribution in [2.75, 3.05) is 23.3 Å². The summed E-state index contributed by atoms with van der Waals surface area (Å²) in [5.74, 6) is -0.00585. The predicted octanol–water partition coefficient (Wildman–Crippen LogP) is 5.65. The molecule has 2 fully saturated rings. The van der Waals surface area contributed by atoms with Gasteiger partial charge in [-0.3, -0.25) is 0 Å². The maximum Gasteiger partial charge on any atom is 0.420 e. The molecule has 11 heteroatoms. The fraction of sp³-hybridized carbons (Fsp3) is 0.522. The van der Waals surface area contributed by atoms with Gasteiger partial charge in [0, 0.05) is 36.7 Å². The molecule has 1 N–H and O–H groups in total. The molecule has 0 aliphatic carbocycles. The molecule has 2 saturated heterocycles. The number of carbonyl (C=O) groups is 1. The highest BCUT2D eigenvalue weighted by molar-refractivity contribution is 6.30. The van der Waals surface area contributed by atoms with E-state index in [9.17, 15) is 18.0 Å². The first-order valence-corrected chi connectivity index (χ1v) is 11.5. The van der Waals surface area contributed by atoms with Crippen molar-refractivity contribution in [2.24, 2.45) is 0 Å². The van der Waals surface area contributed by atoms with Crippen LogP contribution in [0.5, 0.6) is 0 Å². The number of rotatable bonds is 4. The summed E-state index contributed by atoms with van der Waals surface area (Å²) in [4.78, 5) is 24.1. The standard InChI is InChI=1S/C23H27ClF3N5O2/c1-5-13-8-14(31-11-16-9-15(31)12-32(16)21(33)34-22(2,3)4)6-7-18(13)29-20-28-10-17(19(24)30-20)23(25,26)27/h6-8,10,15-16H,5,9,11-12H2,1-4H3,(H,28,29,30)/t15-,16-/m1/s1. The molecule has 4 rings (SSSR count). The predicted molar refractivity (Wildman–Crippen MR) is 124 cm³/mol. The van der Waals surface area contributed by atoms with E-state index in [0.717, 1.165) is 24.2 Å². The summed E-state index contributed by atoms with van der Waals surface area (Å²) in [6.07, 6.45) is -2.63. The van der Waals surface area contributed by atoms with E-state index >= 15 is 0 Å². The number of piperazine rings is 1. The van der Waals surface area contributed by atoms with Crippen molar-refractivity contribution in [1.29, 1.82) is 0 Å². The lowest BCUT2D eigenvalue weighted by Crippen LogP contribution is -2.50. The van der Waals surface area contributed by atoms with Gasteiger partial charge in [-0.15, -0.1) is 0 Å². The van der Waals surface area contributed by atoms with Crippen molar-refractivity contribution in [3.63, 3.8) is 0 Å². The van der Waals surface area contributed by atoms with Gasteiger partial charge in [-0.2, -0.15) is 13.2 Å². The van der Waals surface area contributed by atoms with Crippen molar-refractivity contribution in [2.45, 2.75) is 64.4 Å². The monoisotopic (exact) mass is 497 g/mol. The number of likely N-dealkylation sites (tertiary alicyclic amines) is 1. The Balaban J connectivity index is 1.47. The van der Waals surface area contributed by atoms with Crippen molar-refractivity contribution in [3.8, 4) is 0 Å². The Labute approximate surface area is 201 Å². The number of halogens is 4. The Kier molecular flexibility index (Phi) is 6.30. The highest BCUT2D eigenvalue weighted by atomic mass is 35.5. The number of hydrogen-bond donors (Lipinski definition) is 1. The number of aromatic nitrogens is 2. The van der Waals surface area contributed by atoms with Crippen LogP contribution in [0.1, 0.15) is 45.2 Å². The molecule has 184 valence electrons. The molecule has 2 aliphatic heterocycles. The summed E-state index contributed by atoms with van der Waals surface area (Å²) < 4.78 is 44.2. The third-order valence-electron chi connectivity index (χ3n) is 5.96. The maximum absolute atomic E-state index is 12.9. The zero-order valence-corrected chi connectivity index (χ0v) is 20.2. The SMILES string of the molecule is CCc1cc(N2C[C@H]3C[C@@H]2CN3C(=O)OC(C)(C)C)ccc1Nc1ncc(C(F)(F)F)c(Cl)n1. The molecule has 2 atom stereocenters. The Hall–Kier alpha value is -2.75. The van der Waals surface area contributed by atoms with Crippen molar-refractivity contribution in [1.82, 2.24) is 14.9 Å². The number of nitrogens with one attached hydrogen (secondary N) is 1. The van der Waals surface area contributed by atoms with E-state index in [4.69, 9.17) is 16.3 Å². The minimum Gasteiger partial charge on any atom is -0.444 e. The number of nitrogens with zero attached hydrogens (tertiary/aromatic N) is 4. The van der Waals surface area contributed by atoms with Gasteiger partial charge in [0.1, 0.15) is 16.3 Å². The molecule has 0 spiro atoms. The quantitative estimate of drug-likeness (QED) is 0.550. The zero-order chi connectivity index (χ0) is 24.8. The number of alkyl halides is 3. The number of fused-ring (bicyclic) bond motifs is 2. The van der Waals surface area contributed by atoms with Gasteiger partial charge in [0.05, 0.1) is 6.04 Å². The molecule has 0 saturated carbocycles. The Morgan fingerprint density at radius 1 is 1.24 bits per heavy atom. The smallest absolute Gasteiger partial charge is 0.420 e. The average Bonchev–Trinajstić information content (AvgIpc) is 3.33. The van der Waals surface area contributed by atoms with Gasteiger partial charge in [-0.25, -0.2) is 14.8 Å². The lowest BCUT2D eigenvalue weighted by Gasteiger charge is -2.36. The van der Waals surface area contributed by atoms with E-state index < -0.39 is 22.5 Å². The molecule has 7 nitrogen and oxygen atoms in total. The number of hydrogen-bond acceptors (Lipinski definition) is 6. The minimum atomic E-state index is -4.61. The number of aryl methyl sites for hydroxylation is 1. The van der Waals surface area contributed by atoms with Crippen molar-refractivity contribution >= 4 is 35.0 Å². The van der Waals surface area contributed by atoms with Gasteiger partial charge in [-0.05, 0) is 57.4 Å². The second kappa shape index (κ2) is 8.79. The molecule has 2 aromatic rings. The first kappa shape index (κ1) is 24.4. The van der Waals surface area contributed by atoms with Crippen LogP contribution in [0.25, 0.3) is 0 Å². The molecule has 1 aromatic heterocycles. The second-order valence-electron chi connectivity index (χ2n) is 9.54. The van der Waals surface area contributed by atoms with Crippen LogP contribution >= 0.6 is 11.6 Å². The van der Waals surface area contributed by atoms with E-state index in [2.05, 4.69) is 20.2 Å². The third kappa shape index (κ3) is 5.01. The number of anilines is 3. The van der Waals surface area contributed by atoms with Gasteiger partial charge >= 0.3 is 12.3 Å². The normalized spacial score (nSPS) is 20.1. The van der Waals surface area contributed by atoms with Crippen molar-refractivity contribution < 1.29 is 22.7 Å². The molecular weight excluding hydrogens is 471 g/mol. The van der Waals surface area contributed by atoms with E-state index in [-0.39, 0.29) is 24.1 Å². The highest BCUT2D eigenvalue weighted by Gasteiger charge is 2.46. The number of carbonyl (C=O) groups excluding carboxylic acids is 1. The molecule has 2 bridgehead atoms. The summed E-state index contributed by atoms with van der Waals surface area (Å²) in [6.45, 7) is 8.90. The van der Waals surface area contributed by atoms with Crippen LogP contribution in [0, 0.1) is 0 Å². The van der Waals surface area contributed by atoms with Crippen LogP contribution in [-0.4, -0.2) is 51.7 Å². The lowest BCUT2D eigenvalue weighted by atomic mass is 10.1. The zero-order valence-electron chi connectivity index (χ0n) is 19.4. The number of benzene rings is 1. The Bertz CT molecular complexity index is 1090. The molecule has 3 heterocycles. The van der Waals surface area contributed by atoms with Crippen molar-refractivity contribution in [3.05, 3.63) is 40.7 Å². The van der Waals surface area contributed by atoms with E-state index in [1.165, 1.54) is 0 Å².